The first-order valence-electron chi connectivity index (χ1n) is 7.88. The summed E-state index contributed by atoms with van der Waals surface area (Å²) in [5.41, 5.74) is 2.75. The molecule has 25 heavy (non-hydrogen) atoms. The Kier molecular flexibility index (Phi) is 6.89. The molecular formula is C19H22N2O3S. The van der Waals surface area contributed by atoms with E-state index in [2.05, 4.69) is 10.6 Å². The zero-order valence-electron chi connectivity index (χ0n) is 14.6. The first-order valence-corrected chi connectivity index (χ1v) is 8.87. The number of hydrogen-bond acceptors (Lipinski definition) is 4. The van der Waals surface area contributed by atoms with Crippen LogP contribution in [-0.4, -0.2) is 31.2 Å². The van der Waals surface area contributed by atoms with Crippen LogP contribution in [0.2, 0.25) is 0 Å². The third-order valence-electron chi connectivity index (χ3n) is 3.43. The van der Waals surface area contributed by atoms with Gasteiger partial charge in [0.15, 0.2) is 0 Å². The van der Waals surface area contributed by atoms with Crippen LogP contribution in [0.5, 0.6) is 5.75 Å². The van der Waals surface area contributed by atoms with Gasteiger partial charge in [-0.3, -0.25) is 9.59 Å². The number of nitrogens with one attached hydrogen (secondary N) is 2. The van der Waals surface area contributed by atoms with E-state index in [9.17, 15) is 9.59 Å². The molecular weight excluding hydrogens is 336 g/mol. The lowest BCUT2D eigenvalue weighted by Crippen LogP contribution is -2.34. The molecule has 2 aromatic carbocycles. The molecule has 0 saturated heterocycles. The number of carbonyl (C=O) groups excluding carboxylic acids is 2. The number of carbonyl (C=O) groups is 2. The molecule has 132 valence electrons. The van der Waals surface area contributed by atoms with Gasteiger partial charge in [-0.25, -0.2) is 0 Å². The van der Waals surface area contributed by atoms with Crippen LogP contribution in [0.1, 0.15) is 11.1 Å². The highest BCUT2D eigenvalue weighted by molar-refractivity contribution is 8.00. The van der Waals surface area contributed by atoms with E-state index in [-0.39, 0.29) is 24.1 Å². The zero-order chi connectivity index (χ0) is 18.2. The third kappa shape index (κ3) is 6.15. The summed E-state index contributed by atoms with van der Waals surface area (Å²) in [6.07, 6.45) is 0. The summed E-state index contributed by atoms with van der Waals surface area (Å²) in [5, 5.41) is 5.38. The largest absolute Gasteiger partial charge is 0.495 e. The smallest absolute Gasteiger partial charge is 0.243 e. The van der Waals surface area contributed by atoms with Crippen molar-refractivity contribution in [3.05, 3.63) is 53.6 Å². The number of rotatable bonds is 7. The van der Waals surface area contributed by atoms with Gasteiger partial charge in [-0.2, -0.15) is 0 Å². The molecule has 2 N–H and O–H groups in total. The van der Waals surface area contributed by atoms with Crippen LogP contribution >= 0.6 is 11.8 Å². The fraction of sp³-hybridized carbons (Fsp3) is 0.263. The Balaban J connectivity index is 1.79. The number of anilines is 1. The second-order valence-corrected chi connectivity index (χ2v) is 6.68. The summed E-state index contributed by atoms with van der Waals surface area (Å²) < 4.78 is 5.22. The van der Waals surface area contributed by atoms with Gasteiger partial charge in [0.05, 0.1) is 25.1 Å². The molecule has 0 bridgehead atoms. The normalized spacial score (nSPS) is 10.2. The van der Waals surface area contributed by atoms with Gasteiger partial charge < -0.3 is 15.4 Å². The Bertz CT molecular complexity index is 762. The monoisotopic (exact) mass is 358 g/mol. The Morgan fingerprint density at radius 1 is 1.04 bits per heavy atom. The van der Waals surface area contributed by atoms with E-state index < -0.39 is 0 Å². The highest BCUT2D eigenvalue weighted by atomic mass is 32.2. The van der Waals surface area contributed by atoms with Crippen molar-refractivity contribution in [1.29, 1.82) is 0 Å². The molecule has 0 aliphatic rings. The maximum absolute atomic E-state index is 12.0. The Hall–Kier alpha value is -2.47. The third-order valence-corrected chi connectivity index (χ3v) is 4.43. The van der Waals surface area contributed by atoms with Crippen molar-refractivity contribution in [2.75, 3.05) is 24.7 Å². The minimum atomic E-state index is -0.294. The Morgan fingerprint density at radius 3 is 2.52 bits per heavy atom. The summed E-state index contributed by atoms with van der Waals surface area (Å²) in [6.45, 7) is 3.86. The lowest BCUT2D eigenvalue weighted by Gasteiger charge is -2.11. The van der Waals surface area contributed by atoms with Crippen molar-refractivity contribution in [3.63, 3.8) is 0 Å². The van der Waals surface area contributed by atoms with Gasteiger partial charge in [0.25, 0.3) is 0 Å². The predicted molar refractivity (Wildman–Crippen MR) is 101 cm³/mol. The van der Waals surface area contributed by atoms with Gasteiger partial charge in [0.1, 0.15) is 5.75 Å². The van der Waals surface area contributed by atoms with E-state index in [4.69, 9.17) is 4.74 Å². The SMILES string of the molecule is COc1ccc(C)cc1NC(=O)CNC(=O)CSc1cccc(C)c1. The van der Waals surface area contributed by atoms with Crippen molar-refractivity contribution < 1.29 is 14.3 Å². The summed E-state index contributed by atoms with van der Waals surface area (Å²) in [4.78, 5) is 25.0. The second-order valence-electron chi connectivity index (χ2n) is 5.63. The zero-order valence-corrected chi connectivity index (χ0v) is 15.4. The van der Waals surface area contributed by atoms with Crippen molar-refractivity contribution >= 4 is 29.3 Å². The van der Waals surface area contributed by atoms with Crippen LogP contribution in [0.25, 0.3) is 0 Å². The van der Waals surface area contributed by atoms with Crippen LogP contribution < -0.4 is 15.4 Å². The van der Waals surface area contributed by atoms with E-state index in [0.29, 0.717) is 11.4 Å². The van der Waals surface area contributed by atoms with Gasteiger partial charge in [-0.05, 0) is 43.7 Å². The van der Waals surface area contributed by atoms with Gasteiger partial charge >= 0.3 is 0 Å². The van der Waals surface area contributed by atoms with Crippen molar-refractivity contribution in [2.45, 2.75) is 18.7 Å². The lowest BCUT2D eigenvalue weighted by atomic mass is 10.2. The average molecular weight is 358 g/mol. The Morgan fingerprint density at radius 2 is 1.80 bits per heavy atom. The number of aryl methyl sites for hydroxylation is 2. The highest BCUT2D eigenvalue weighted by Crippen LogP contribution is 2.25. The topological polar surface area (TPSA) is 67.4 Å². The molecule has 0 aromatic heterocycles. The number of methoxy groups -OCH3 is 1. The number of hydrogen-bond donors (Lipinski definition) is 2. The molecule has 5 nitrogen and oxygen atoms in total. The fourth-order valence-corrected chi connectivity index (χ4v) is 3.04. The molecule has 0 saturated carbocycles. The van der Waals surface area contributed by atoms with Crippen LogP contribution in [0, 0.1) is 13.8 Å². The van der Waals surface area contributed by atoms with Crippen molar-refractivity contribution in [1.82, 2.24) is 5.32 Å². The summed E-state index contributed by atoms with van der Waals surface area (Å²) in [7, 11) is 1.55. The summed E-state index contributed by atoms with van der Waals surface area (Å²) in [6, 6.07) is 13.5. The van der Waals surface area contributed by atoms with Crippen molar-refractivity contribution in [3.8, 4) is 5.75 Å². The maximum atomic E-state index is 12.0. The van der Waals surface area contributed by atoms with Gasteiger partial charge in [0, 0.05) is 4.90 Å². The number of amides is 2. The molecule has 0 unspecified atom stereocenters. The molecule has 0 radical (unpaired) electrons. The molecule has 0 heterocycles. The van der Waals surface area contributed by atoms with Crippen LogP contribution in [0.4, 0.5) is 5.69 Å². The second kappa shape index (κ2) is 9.13. The van der Waals surface area contributed by atoms with E-state index in [0.717, 1.165) is 16.0 Å². The standard InChI is InChI=1S/C19H22N2O3S/c1-13-5-4-6-15(9-13)25-12-19(23)20-11-18(22)21-16-10-14(2)7-8-17(16)24-3/h4-10H,11-12H2,1-3H3,(H,20,23)(H,21,22). The number of thioether (sulfide) groups is 1. The molecule has 2 amide bonds. The van der Waals surface area contributed by atoms with Gasteiger partial charge in [-0.15, -0.1) is 11.8 Å². The van der Waals surface area contributed by atoms with Gasteiger partial charge in [-0.1, -0.05) is 23.8 Å². The Labute approximate surface area is 152 Å². The maximum Gasteiger partial charge on any atom is 0.243 e. The fourth-order valence-electron chi connectivity index (χ4n) is 2.20. The van der Waals surface area contributed by atoms with Gasteiger partial charge in [0.2, 0.25) is 11.8 Å². The van der Waals surface area contributed by atoms with E-state index in [1.165, 1.54) is 11.8 Å². The number of ether oxygens (including phenoxy) is 1. The molecule has 0 spiro atoms. The predicted octanol–water partition coefficient (Wildman–Crippen LogP) is 3.16. The van der Waals surface area contributed by atoms with Crippen LogP contribution in [0.15, 0.2) is 47.4 Å². The van der Waals surface area contributed by atoms with E-state index in [1.807, 2.05) is 50.2 Å². The average Bonchev–Trinajstić information content (AvgIpc) is 2.58. The summed E-state index contributed by atoms with van der Waals surface area (Å²) >= 11 is 1.44. The minimum absolute atomic E-state index is 0.0791. The van der Waals surface area contributed by atoms with Crippen LogP contribution in [-0.2, 0) is 9.59 Å². The first-order chi connectivity index (χ1) is 12.0. The molecule has 0 aliphatic heterocycles. The molecule has 0 aliphatic carbocycles. The molecule has 2 rings (SSSR count). The van der Waals surface area contributed by atoms with E-state index in [1.54, 1.807) is 13.2 Å². The molecule has 0 atom stereocenters. The van der Waals surface area contributed by atoms with Crippen molar-refractivity contribution in [2.24, 2.45) is 0 Å². The van der Waals surface area contributed by atoms with E-state index >= 15 is 0 Å². The highest BCUT2D eigenvalue weighted by Gasteiger charge is 2.10. The van der Waals surface area contributed by atoms with Crippen LogP contribution in [0.3, 0.4) is 0 Å². The first kappa shape index (κ1) is 18.9. The lowest BCUT2D eigenvalue weighted by molar-refractivity contribution is -0.122. The molecule has 6 heteroatoms. The molecule has 2 aromatic rings. The quantitative estimate of drug-likeness (QED) is 0.746. The minimum Gasteiger partial charge on any atom is -0.495 e. The number of benzene rings is 2. The molecule has 0 fully saturated rings. The summed E-state index contributed by atoms with van der Waals surface area (Å²) in [5.74, 6) is 0.376.